The lowest BCUT2D eigenvalue weighted by molar-refractivity contribution is -0.123. The normalized spacial score (nSPS) is 16.7. The molecule has 5 aromatic rings. The van der Waals surface area contributed by atoms with Crippen molar-refractivity contribution in [1.29, 1.82) is 0 Å². The Kier molecular flexibility index (Phi) is 8.85. The van der Waals surface area contributed by atoms with Gasteiger partial charge in [0.25, 0.3) is 5.56 Å². The molecule has 1 aliphatic rings. The van der Waals surface area contributed by atoms with Gasteiger partial charge in [0.05, 0.1) is 33.3 Å². The lowest BCUT2D eigenvalue weighted by atomic mass is 9.80. The first kappa shape index (κ1) is 32.0. The molecular formula is C36H39N5O6. The Balaban J connectivity index is 1.30. The molecule has 244 valence electrons. The topological polar surface area (TPSA) is 130 Å². The number of hydrogen-bond acceptors (Lipinski definition) is 8. The quantitative estimate of drug-likeness (QED) is 0.184. The fourth-order valence-corrected chi connectivity index (χ4v) is 5.80. The van der Waals surface area contributed by atoms with Crippen LogP contribution in [-0.2, 0) is 19.9 Å². The van der Waals surface area contributed by atoms with E-state index in [0.29, 0.717) is 18.5 Å². The molecule has 6 rings (SSSR count). The Morgan fingerprint density at radius 3 is 2.09 bits per heavy atom. The van der Waals surface area contributed by atoms with Gasteiger partial charge in [-0.15, -0.1) is 0 Å². The number of ether oxygens (including phenoxy) is 4. The second-order valence-electron chi connectivity index (χ2n) is 12.5. The second kappa shape index (κ2) is 13.0. The van der Waals surface area contributed by atoms with E-state index in [-0.39, 0.29) is 30.1 Å². The zero-order chi connectivity index (χ0) is 33.2. The number of H-pyrrole nitrogens is 1. The molecule has 0 spiro atoms. The predicted molar refractivity (Wildman–Crippen MR) is 178 cm³/mol. The molecule has 0 saturated carbocycles. The highest BCUT2D eigenvalue weighted by Crippen LogP contribution is 2.43. The molecule has 1 amide bonds. The van der Waals surface area contributed by atoms with E-state index in [1.165, 1.54) is 0 Å². The Hall–Kier alpha value is -5.00. The summed E-state index contributed by atoms with van der Waals surface area (Å²) < 4.78 is 26.2. The number of carbonyl (C=O) groups excluding carboxylic acids is 1. The lowest BCUT2D eigenvalue weighted by Gasteiger charge is -2.37. The summed E-state index contributed by atoms with van der Waals surface area (Å²) in [6.45, 7) is 5.63. The van der Waals surface area contributed by atoms with Crippen molar-refractivity contribution in [2.24, 2.45) is 5.41 Å². The Labute approximate surface area is 272 Å². The SMILES string of the molecule is COc1ccc(C(OC[C@@H]2CC[C@H](n3cnc4c(=O)[nH]c(NC(=O)C(C)(C)C)nc43)O2)(c2ccccc2)c2ccc(OC)cc2)cc1. The monoisotopic (exact) mass is 637 g/mol. The Morgan fingerprint density at radius 1 is 0.915 bits per heavy atom. The molecular weight excluding hydrogens is 598 g/mol. The number of hydrogen-bond donors (Lipinski definition) is 2. The van der Waals surface area contributed by atoms with Crippen molar-refractivity contribution in [1.82, 2.24) is 19.5 Å². The number of amides is 1. The number of fused-ring (bicyclic) bond motifs is 1. The molecule has 0 bridgehead atoms. The summed E-state index contributed by atoms with van der Waals surface area (Å²) in [7, 11) is 3.29. The number of carbonyl (C=O) groups is 1. The predicted octanol–water partition coefficient (Wildman–Crippen LogP) is 5.81. The van der Waals surface area contributed by atoms with Crippen LogP contribution in [-0.4, -0.2) is 52.4 Å². The summed E-state index contributed by atoms with van der Waals surface area (Å²) >= 11 is 0. The number of rotatable bonds is 10. The van der Waals surface area contributed by atoms with Crippen LogP contribution < -0.4 is 20.3 Å². The fourth-order valence-electron chi connectivity index (χ4n) is 5.80. The second-order valence-corrected chi connectivity index (χ2v) is 12.5. The van der Waals surface area contributed by atoms with Crippen molar-refractivity contribution < 1.29 is 23.7 Å². The van der Waals surface area contributed by atoms with Gasteiger partial charge < -0.3 is 18.9 Å². The largest absolute Gasteiger partial charge is 0.497 e. The van der Waals surface area contributed by atoms with Crippen molar-refractivity contribution in [3.63, 3.8) is 0 Å². The molecule has 3 heterocycles. The highest BCUT2D eigenvalue weighted by atomic mass is 16.6. The van der Waals surface area contributed by atoms with Gasteiger partial charge in [-0.25, -0.2) is 4.98 Å². The van der Waals surface area contributed by atoms with Crippen LogP contribution in [0.4, 0.5) is 5.95 Å². The smallest absolute Gasteiger partial charge is 0.280 e. The molecule has 3 aromatic carbocycles. The fraction of sp³-hybridized carbons (Fsp3) is 0.333. The van der Waals surface area contributed by atoms with E-state index in [4.69, 9.17) is 18.9 Å². The van der Waals surface area contributed by atoms with Gasteiger partial charge in [0.1, 0.15) is 23.3 Å². The number of benzene rings is 3. The molecule has 2 atom stereocenters. The molecule has 1 saturated heterocycles. The van der Waals surface area contributed by atoms with E-state index in [9.17, 15) is 9.59 Å². The minimum atomic E-state index is -0.974. The number of anilines is 1. The number of methoxy groups -OCH3 is 2. The lowest BCUT2D eigenvalue weighted by Crippen LogP contribution is -2.35. The van der Waals surface area contributed by atoms with E-state index >= 15 is 0 Å². The van der Waals surface area contributed by atoms with Gasteiger partial charge in [0.2, 0.25) is 11.9 Å². The van der Waals surface area contributed by atoms with Crippen molar-refractivity contribution >= 4 is 23.0 Å². The van der Waals surface area contributed by atoms with Crippen LogP contribution in [0, 0.1) is 5.41 Å². The number of imidazole rings is 1. The molecule has 0 aliphatic carbocycles. The average Bonchev–Trinajstić information content (AvgIpc) is 3.73. The van der Waals surface area contributed by atoms with Crippen molar-refractivity contribution in [3.8, 4) is 11.5 Å². The van der Waals surface area contributed by atoms with Gasteiger partial charge in [0.15, 0.2) is 11.2 Å². The first-order valence-corrected chi connectivity index (χ1v) is 15.5. The van der Waals surface area contributed by atoms with E-state index < -0.39 is 22.8 Å². The van der Waals surface area contributed by atoms with Gasteiger partial charge in [-0.2, -0.15) is 4.98 Å². The van der Waals surface area contributed by atoms with Gasteiger partial charge >= 0.3 is 0 Å². The number of aromatic nitrogens is 4. The molecule has 47 heavy (non-hydrogen) atoms. The Bertz CT molecular complexity index is 1850. The van der Waals surface area contributed by atoms with Crippen molar-refractivity contribution in [3.05, 3.63) is 112 Å². The van der Waals surface area contributed by atoms with Gasteiger partial charge in [0, 0.05) is 5.41 Å². The van der Waals surface area contributed by atoms with E-state index in [2.05, 4.69) is 32.4 Å². The van der Waals surface area contributed by atoms with Crippen LogP contribution in [0.3, 0.4) is 0 Å². The average molecular weight is 638 g/mol. The maximum Gasteiger partial charge on any atom is 0.280 e. The third kappa shape index (κ3) is 6.36. The molecule has 2 aromatic heterocycles. The summed E-state index contributed by atoms with van der Waals surface area (Å²) in [4.78, 5) is 36.9. The van der Waals surface area contributed by atoms with Crippen LogP contribution in [0.1, 0.15) is 56.5 Å². The highest BCUT2D eigenvalue weighted by molar-refractivity contribution is 5.93. The van der Waals surface area contributed by atoms with Gasteiger partial charge in [-0.3, -0.25) is 24.5 Å². The first-order chi connectivity index (χ1) is 22.6. The van der Waals surface area contributed by atoms with Gasteiger partial charge in [-0.1, -0.05) is 75.4 Å². The summed E-state index contributed by atoms with van der Waals surface area (Å²) in [6.07, 6.45) is 2.22. The third-order valence-electron chi connectivity index (χ3n) is 8.40. The van der Waals surface area contributed by atoms with Gasteiger partial charge in [-0.05, 0) is 53.8 Å². The molecule has 1 fully saturated rings. The molecule has 2 N–H and O–H groups in total. The number of aromatic amines is 1. The molecule has 11 heteroatoms. The maximum atomic E-state index is 12.8. The molecule has 11 nitrogen and oxygen atoms in total. The van der Waals surface area contributed by atoms with E-state index in [0.717, 1.165) is 28.2 Å². The minimum absolute atomic E-state index is 0.0636. The summed E-state index contributed by atoms with van der Waals surface area (Å²) in [6, 6.07) is 25.9. The van der Waals surface area contributed by atoms with Crippen LogP contribution in [0.2, 0.25) is 0 Å². The van der Waals surface area contributed by atoms with E-state index in [1.54, 1.807) is 45.9 Å². The minimum Gasteiger partial charge on any atom is -0.497 e. The summed E-state index contributed by atoms with van der Waals surface area (Å²) in [5.74, 6) is 1.28. The van der Waals surface area contributed by atoms with Crippen LogP contribution in [0.5, 0.6) is 11.5 Å². The van der Waals surface area contributed by atoms with E-state index in [1.807, 2.05) is 66.7 Å². The highest BCUT2D eigenvalue weighted by Gasteiger charge is 2.40. The Morgan fingerprint density at radius 2 is 1.51 bits per heavy atom. The number of nitrogens with one attached hydrogen (secondary N) is 2. The maximum absolute atomic E-state index is 12.8. The molecule has 0 unspecified atom stereocenters. The third-order valence-corrected chi connectivity index (χ3v) is 8.40. The molecule has 1 aliphatic heterocycles. The first-order valence-electron chi connectivity index (χ1n) is 15.5. The van der Waals surface area contributed by atoms with Crippen LogP contribution >= 0.6 is 0 Å². The zero-order valence-corrected chi connectivity index (χ0v) is 27.2. The van der Waals surface area contributed by atoms with Crippen molar-refractivity contribution in [2.75, 3.05) is 26.1 Å². The van der Waals surface area contributed by atoms with Crippen molar-refractivity contribution in [2.45, 2.75) is 51.5 Å². The molecule has 0 radical (unpaired) electrons. The van der Waals surface area contributed by atoms with Crippen LogP contribution in [0.25, 0.3) is 11.2 Å². The standard InChI is InChI=1S/C36H39N5O6/c1-35(2,3)33(43)40-34-38-31-30(32(42)39-34)37-22-41(31)29-20-19-28(47-29)21-46-36(23-9-7-6-8-10-23,24-11-15-26(44-4)16-12-24)25-13-17-27(45-5)18-14-25/h6-18,22,28-29H,19-21H2,1-5H3,(H2,38,39,40,42,43)/t28-,29+/m0/s1. The summed E-state index contributed by atoms with van der Waals surface area (Å²) in [5, 5.41) is 2.71. The zero-order valence-electron chi connectivity index (χ0n) is 27.2. The number of nitrogens with zero attached hydrogens (tertiary/aromatic N) is 3. The summed E-state index contributed by atoms with van der Waals surface area (Å²) in [5.41, 5.74) is 1.24. The van der Waals surface area contributed by atoms with Crippen LogP contribution in [0.15, 0.2) is 90.0 Å².